The van der Waals surface area contributed by atoms with Crippen molar-refractivity contribution >= 4 is 23.2 Å². The molecule has 0 N–H and O–H groups in total. The van der Waals surface area contributed by atoms with Crippen molar-refractivity contribution in [2.24, 2.45) is 0 Å². The van der Waals surface area contributed by atoms with Crippen LogP contribution in [0.5, 0.6) is 0 Å². The molecular formula is C15H14N2O2S. The van der Waals surface area contributed by atoms with Crippen LogP contribution >= 0.6 is 11.3 Å². The Hall–Kier alpha value is -1.98. The molecule has 0 radical (unpaired) electrons. The molecule has 1 aliphatic heterocycles. The van der Waals surface area contributed by atoms with E-state index < -0.39 is 0 Å². The SMILES string of the molecule is CN(Cc1ccsc1)CN1C(=O)c2ccccc2C1=O. The molecule has 1 aromatic heterocycles. The number of rotatable bonds is 4. The van der Waals surface area contributed by atoms with Crippen LogP contribution in [0.15, 0.2) is 41.1 Å². The topological polar surface area (TPSA) is 40.6 Å². The highest BCUT2D eigenvalue weighted by atomic mass is 32.1. The number of carbonyl (C=O) groups is 2. The van der Waals surface area contributed by atoms with Gasteiger partial charge in [0.1, 0.15) is 0 Å². The third-order valence-corrected chi connectivity index (χ3v) is 4.03. The normalized spacial score (nSPS) is 14.2. The van der Waals surface area contributed by atoms with Gasteiger partial charge in [0.25, 0.3) is 11.8 Å². The second kappa shape index (κ2) is 5.19. The Bertz CT molecular complexity index is 617. The average molecular weight is 286 g/mol. The zero-order chi connectivity index (χ0) is 14.1. The second-order valence-corrected chi connectivity index (χ2v) is 5.65. The summed E-state index contributed by atoms with van der Waals surface area (Å²) in [5.41, 5.74) is 2.19. The number of nitrogens with zero attached hydrogens (tertiary/aromatic N) is 2. The van der Waals surface area contributed by atoms with Crippen LogP contribution in [0.4, 0.5) is 0 Å². The Morgan fingerprint density at radius 1 is 1.10 bits per heavy atom. The predicted molar refractivity (Wildman–Crippen MR) is 77.6 cm³/mol. The van der Waals surface area contributed by atoms with E-state index in [1.54, 1.807) is 35.6 Å². The fraction of sp³-hybridized carbons (Fsp3) is 0.200. The summed E-state index contributed by atoms with van der Waals surface area (Å²) < 4.78 is 0. The van der Waals surface area contributed by atoms with Crippen LogP contribution in [0.25, 0.3) is 0 Å². The summed E-state index contributed by atoms with van der Waals surface area (Å²) in [7, 11) is 1.90. The van der Waals surface area contributed by atoms with Crippen LogP contribution in [0.3, 0.4) is 0 Å². The van der Waals surface area contributed by atoms with E-state index in [9.17, 15) is 9.59 Å². The molecule has 1 aromatic carbocycles. The van der Waals surface area contributed by atoms with Gasteiger partial charge >= 0.3 is 0 Å². The molecule has 3 rings (SSSR count). The zero-order valence-corrected chi connectivity index (χ0v) is 11.9. The number of imide groups is 1. The molecule has 1 aliphatic rings. The van der Waals surface area contributed by atoms with Crippen LogP contribution in [-0.4, -0.2) is 35.3 Å². The van der Waals surface area contributed by atoms with E-state index in [1.807, 2.05) is 23.4 Å². The quantitative estimate of drug-likeness (QED) is 0.811. The number of amides is 2. The predicted octanol–water partition coefficient (Wildman–Crippen LogP) is 2.43. The van der Waals surface area contributed by atoms with Crippen molar-refractivity contribution in [1.82, 2.24) is 9.80 Å². The number of fused-ring (bicyclic) bond motifs is 1. The van der Waals surface area contributed by atoms with Crippen molar-refractivity contribution in [2.45, 2.75) is 6.54 Å². The van der Waals surface area contributed by atoms with Gasteiger partial charge in [0.05, 0.1) is 17.8 Å². The van der Waals surface area contributed by atoms with E-state index in [0.717, 1.165) is 6.54 Å². The van der Waals surface area contributed by atoms with Crippen LogP contribution in [0, 0.1) is 0 Å². The first-order valence-corrected chi connectivity index (χ1v) is 7.26. The first-order valence-electron chi connectivity index (χ1n) is 6.31. The van der Waals surface area contributed by atoms with E-state index >= 15 is 0 Å². The Kier molecular flexibility index (Phi) is 3.38. The summed E-state index contributed by atoms with van der Waals surface area (Å²) >= 11 is 1.64. The number of carbonyl (C=O) groups excluding carboxylic acids is 2. The Labute approximate surface area is 121 Å². The molecule has 0 saturated heterocycles. The summed E-state index contributed by atoms with van der Waals surface area (Å²) in [5.74, 6) is -0.412. The fourth-order valence-corrected chi connectivity index (χ4v) is 3.01. The molecule has 5 heteroatoms. The largest absolute Gasteiger partial charge is 0.284 e. The lowest BCUT2D eigenvalue weighted by Crippen LogP contribution is -2.39. The standard InChI is InChI=1S/C15H14N2O2S/c1-16(8-11-6-7-20-9-11)10-17-14(18)12-4-2-3-5-13(12)15(17)19/h2-7,9H,8,10H2,1H3. The van der Waals surface area contributed by atoms with Crippen LogP contribution in [0.1, 0.15) is 26.3 Å². The third kappa shape index (κ3) is 2.26. The van der Waals surface area contributed by atoms with E-state index in [-0.39, 0.29) is 11.8 Å². The minimum absolute atomic E-state index is 0.206. The van der Waals surface area contributed by atoms with Gasteiger partial charge in [0.2, 0.25) is 0 Å². The van der Waals surface area contributed by atoms with Crippen molar-refractivity contribution in [1.29, 1.82) is 0 Å². The first-order chi connectivity index (χ1) is 9.66. The molecule has 0 saturated carbocycles. The van der Waals surface area contributed by atoms with E-state index in [4.69, 9.17) is 0 Å². The van der Waals surface area contributed by atoms with Crippen LogP contribution in [0.2, 0.25) is 0 Å². The fourth-order valence-electron chi connectivity index (χ4n) is 2.35. The maximum absolute atomic E-state index is 12.2. The van der Waals surface area contributed by atoms with Crippen molar-refractivity contribution in [2.75, 3.05) is 13.7 Å². The lowest BCUT2D eigenvalue weighted by Gasteiger charge is -2.22. The number of hydrogen-bond acceptors (Lipinski definition) is 4. The third-order valence-electron chi connectivity index (χ3n) is 3.29. The van der Waals surface area contributed by atoms with Gasteiger partial charge in [-0.1, -0.05) is 12.1 Å². The summed E-state index contributed by atoms with van der Waals surface area (Å²) in [6.45, 7) is 1.03. The van der Waals surface area contributed by atoms with Gasteiger partial charge in [-0.05, 0) is 41.6 Å². The molecule has 0 aliphatic carbocycles. The highest BCUT2D eigenvalue weighted by molar-refractivity contribution is 7.07. The molecular weight excluding hydrogens is 272 g/mol. The number of hydrogen-bond donors (Lipinski definition) is 0. The molecule has 0 bridgehead atoms. The number of benzene rings is 1. The molecule has 0 atom stereocenters. The average Bonchev–Trinajstić information content (AvgIpc) is 3.03. The highest BCUT2D eigenvalue weighted by Crippen LogP contribution is 2.22. The van der Waals surface area contributed by atoms with Gasteiger partial charge in [0, 0.05) is 6.54 Å². The van der Waals surface area contributed by atoms with Gasteiger partial charge in [-0.15, -0.1) is 0 Å². The molecule has 0 unspecified atom stereocenters. The zero-order valence-electron chi connectivity index (χ0n) is 11.1. The van der Waals surface area contributed by atoms with Gasteiger partial charge in [-0.3, -0.25) is 19.4 Å². The maximum atomic E-state index is 12.2. The Balaban J connectivity index is 1.73. The maximum Gasteiger partial charge on any atom is 0.262 e. The number of thiophene rings is 1. The van der Waals surface area contributed by atoms with Crippen molar-refractivity contribution in [3.05, 3.63) is 57.8 Å². The molecule has 20 heavy (non-hydrogen) atoms. The molecule has 0 spiro atoms. The summed E-state index contributed by atoms with van der Waals surface area (Å²) in [4.78, 5) is 27.7. The first kappa shape index (κ1) is 13.0. The molecule has 102 valence electrons. The minimum Gasteiger partial charge on any atom is -0.284 e. The molecule has 4 nitrogen and oxygen atoms in total. The summed E-state index contributed by atoms with van der Waals surface area (Å²) in [6, 6.07) is 9.01. The van der Waals surface area contributed by atoms with Gasteiger partial charge in [-0.25, -0.2) is 0 Å². The summed E-state index contributed by atoms with van der Waals surface area (Å²) in [6.07, 6.45) is 0. The molecule has 2 heterocycles. The monoisotopic (exact) mass is 286 g/mol. The van der Waals surface area contributed by atoms with E-state index in [2.05, 4.69) is 5.38 Å². The van der Waals surface area contributed by atoms with Gasteiger partial charge < -0.3 is 0 Å². The second-order valence-electron chi connectivity index (χ2n) is 4.87. The lowest BCUT2D eigenvalue weighted by atomic mass is 10.1. The smallest absolute Gasteiger partial charge is 0.262 e. The Morgan fingerprint density at radius 2 is 1.75 bits per heavy atom. The van der Waals surface area contributed by atoms with Crippen molar-refractivity contribution < 1.29 is 9.59 Å². The van der Waals surface area contributed by atoms with E-state index in [0.29, 0.717) is 17.8 Å². The highest BCUT2D eigenvalue weighted by Gasteiger charge is 2.35. The van der Waals surface area contributed by atoms with Crippen molar-refractivity contribution in [3.8, 4) is 0 Å². The van der Waals surface area contributed by atoms with E-state index in [1.165, 1.54) is 10.5 Å². The van der Waals surface area contributed by atoms with Crippen LogP contribution < -0.4 is 0 Å². The lowest BCUT2D eigenvalue weighted by molar-refractivity contribution is 0.0559. The minimum atomic E-state index is -0.206. The molecule has 0 fully saturated rings. The van der Waals surface area contributed by atoms with Crippen molar-refractivity contribution in [3.63, 3.8) is 0 Å². The van der Waals surface area contributed by atoms with Crippen LogP contribution in [-0.2, 0) is 6.54 Å². The van der Waals surface area contributed by atoms with Gasteiger partial charge in [0.15, 0.2) is 0 Å². The summed E-state index contributed by atoms with van der Waals surface area (Å²) in [5, 5.41) is 4.09. The molecule has 2 amide bonds. The Morgan fingerprint density at radius 3 is 2.30 bits per heavy atom. The van der Waals surface area contributed by atoms with Gasteiger partial charge in [-0.2, -0.15) is 11.3 Å². The molecule has 2 aromatic rings.